The van der Waals surface area contributed by atoms with Crippen molar-refractivity contribution < 1.29 is 9.59 Å². The van der Waals surface area contributed by atoms with Crippen molar-refractivity contribution in [3.05, 3.63) is 32.8 Å². The molecule has 5 nitrogen and oxygen atoms in total. The van der Waals surface area contributed by atoms with Crippen LogP contribution in [0.1, 0.15) is 12.5 Å². The molecule has 0 aromatic heterocycles. The van der Waals surface area contributed by atoms with Gasteiger partial charge in [-0.25, -0.2) is 5.43 Å². The predicted octanol–water partition coefficient (Wildman–Crippen LogP) is 1.97. The minimum atomic E-state index is -1.13. The molecule has 0 aliphatic rings. The summed E-state index contributed by atoms with van der Waals surface area (Å²) >= 11 is 17.6. The average molecular weight is 309 g/mol. The van der Waals surface area contributed by atoms with E-state index in [1.807, 2.05) is 5.43 Å². The van der Waals surface area contributed by atoms with Crippen molar-refractivity contribution in [2.45, 2.75) is 6.92 Å². The van der Waals surface area contributed by atoms with Crippen LogP contribution in [-0.2, 0) is 9.59 Å². The van der Waals surface area contributed by atoms with Crippen molar-refractivity contribution >= 4 is 52.3 Å². The number of hydrogen-bond donors (Lipinski definition) is 2. The van der Waals surface area contributed by atoms with E-state index in [-0.39, 0.29) is 10.0 Å². The molecule has 1 aromatic rings. The second-order valence-corrected chi connectivity index (χ2v) is 4.39. The first-order valence-corrected chi connectivity index (χ1v) is 5.76. The number of primary amides is 1. The Labute approximate surface area is 118 Å². The number of benzene rings is 1. The maximum Gasteiger partial charge on any atom is 0.329 e. The van der Waals surface area contributed by atoms with Crippen LogP contribution in [0, 0.1) is 0 Å². The molecule has 0 aliphatic carbocycles. The quantitative estimate of drug-likeness (QED) is 0.379. The number of nitrogens with two attached hydrogens (primary N) is 1. The molecule has 0 heterocycles. The standard InChI is InChI=1S/C10H8Cl3N3O2/c1-4(15-16-10(18)9(14)17)5-2-3-6(11)8(13)7(5)12/h2-3H,1H3,(H2,14,17)(H,16,18)/b15-4-. The number of rotatable bonds is 2. The highest BCUT2D eigenvalue weighted by atomic mass is 35.5. The molecule has 1 rings (SSSR count). The third kappa shape index (κ3) is 3.35. The van der Waals surface area contributed by atoms with E-state index in [4.69, 9.17) is 40.5 Å². The van der Waals surface area contributed by atoms with E-state index < -0.39 is 11.8 Å². The van der Waals surface area contributed by atoms with E-state index in [2.05, 4.69) is 5.10 Å². The fourth-order valence-electron chi connectivity index (χ4n) is 1.06. The molecule has 0 spiro atoms. The molecule has 0 fully saturated rings. The lowest BCUT2D eigenvalue weighted by atomic mass is 10.1. The number of nitrogens with zero attached hydrogens (tertiary/aromatic N) is 1. The van der Waals surface area contributed by atoms with Gasteiger partial charge in [-0.3, -0.25) is 9.59 Å². The van der Waals surface area contributed by atoms with E-state index in [0.717, 1.165) is 0 Å². The third-order valence-corrected chi connectivity index (χ3v) is 3.27. The maximum absolute atomic E-state index is 10.9. The number of hydrazone groups is 1. The molecule has 18 heavy (non-hydrogen) atoms. The lowest BCUT2D eigenvalue weighted by Crippen LogP contribution is -2.33. The van der Waals surface area contributed by atoms with Crippen LogP contribution in [0.3, 0.4) is 0 Å². The lowest BCUT2D eigenvalue weighted by Gasteiger charge is -2.06. The van der Waals surface area contributed by atoms with Crippen LogP contribution in [0.15, 0.2) is 17.2 Å². The molecule has 3 N–H and O–H groups in total. The van der Waals surface area contributed by atoms with Crippen LogP contribution in [0.25, 0.3) is 0 Å². The summed E-state index contributed by atoms with van der Waals surface area (Å²) in [6.07, 6.45) is 0. The summed E-state index contributed by atoms with van der Waals surface area (Å²) in [7, 11) is 0. The zero-order valence-corrected chi connectivity index (χ0v) is 11.4. The number of halogens is 3. The van der Waals surface area contributed by atoms with Crippen LogP contribution in [-0.4, -0.2) is 17.5 Å². The summed E-state index contributed by atoms with van der Waals surface area (Å²) < 4.78 is 0. The van der Waals surface area contributed by atoms with Crippen molar-refractivity contribution in [1.29, 1.82) is 0 Å². The Morgan fingerprint density at radius 2 is 1.83 bits per heavy atom. The van der Waals surface area contributed by atoms with Crippen LogP contribution in [0.5, 0.6) is 0 Å². The Kier molecular flexibility index (Phi) is 4.95. The number of amides is 2. The summed E-state index contributed by atoms with van der Waals surface area (Å²) in [4.78, 5) is 21.4. The van der Waals surface area contributed by atoms with Gasteiger partial charge in [-0.05, 0) is 13.0 Å². The summed E-state index contributed by atoms with van der Waals surface area (Å²) in [5.41, 5.74) is 7.57. The van der Waals surface area contributed by atoms with Gasteiger partial charge in [-0.2, -0.15) is 5.10 Å². The van der Waals surface area contributed by atoms with Gasteiger partial charge in [-0.1, -0.05) is 40.9 Å². The minimum Gasteiger partial charge on any atom is -0.361 e. The van der Waals surface area contributed by atoms with Gasteiger partial charge in [0.25, 0.3) is 0 Å². The van der Waals surface area contributed by atoms with Crippen LogP contribution >= 0.6 is 34.8 Å². The van der Waals surface area contributed by atoms with Crippen molar-refractivity contribution in [2.75, 3.05) is 0 Å². The molecule has 0 bridgehead atoms. The van der Waals surface area contributed by atoms with E-state index in [1.165, 1.54) is 0 Å². The van der Waals surface area contributed by atoms with Gasteiger partial charge in [0.05, 0.1) is 20.8 Å². The van der Waals surface area contributed by atoms with E-state index >= 15 is 0 Å². The number of carbonyl (C=O) groups is 2. The molecular weight excluding hydrogens is 300 g/mol. The topological polar surface area (TPSA) is 84.6 Å². The van der Waals surface area contributed by atoms with Gasteiger partial charge in [0, 0.05) is 5.56 Å². The van der Waals surface area contributed by atoms with Gasteiger partial charge in [0.1, 0.15) is 0 Å². The fourth-order valence-corrected chi connectivity index (χ4v) is 1.73. The van der Waals surface area contributed by atoms with Crippen LogP contribution < -0.4 is 11.2 Å². The number of hydrogen-bond acceptors (Lipinski definition) is 3. The van der Waals surface area contributed by atoms with Crippen molar-refractivity contribution in [2.24, 2.45) is 10.8 Å². The second kappa shape index (κ2) is 6.04. The lowest BCUT2D eigenvalue weighted by molar-refractivity contribution is -0.137. The van der Waals surface area contributed by atoms with Gasteiger partial charge in [0.2, 0.25) is 0 Å². The molecular formula is C10H8Cl3N3O2. The summed E-state index contributed by atoms with van der Waals surface area (Å²) in [6, 6.07) is 3.13. The molecule has 1 aromatic carbocycles. The Morgan fingerprint density at radius 3 is 2.39 bits per heavy atom. The number of nitrogens with one attached hydrogen (secondary N) is 1. The van der Waals surface area contributed by atoms with Crippen molar-refractivity contribution in [3.63, 3.8) is 0 Å². The highest BCUT2D eigenvalue weighted by molar-refractivity contribution is 6.49. The molecule has 0 saturated heterocycles. The van der Waals surface area contributed by atoms with E-state index in [0.29, 0.717) is 16.3 Å². The molecule has 0 atom stereocenters. The fraction of sp³-hybridized carbons (Fsp3) is 0.100. The molecule has 0 aliphatic heterocycles. The van der Waals surface area contributed by atoms with E-state index in [1.54, 1.807) is 19.1 Å². The average Bonchev–Trinajstić information content (AvgIpc) is 2.32. The first-order valence-electron chi connectivity index (χ1n) is 4.62. The minimum absolute atomic E-state index is 0.187. The highest BCUT2D eigenvalue weighted by Crippen LogP contribution is 2.32. The normalized spacial score (nSPS) is 11.2. The molecule has 0 unspecified atom stereocenters. The van der Waals surface area contributed by atoms with Gasteiger partial charge >= 0.3 is 11.8 Å². The first-order chi connectivity index (χ1) is 8.34. The summed E-state index contributed by atoms with van der Waals surface area (Å²) in [5.74, 6) is -2.16. The first kappa shape index (κ1) is 14.8. The monoisotopic (exact) mass is 307 g/mol. The smallest absolute Gasteiger partial charge is 0.329 e. The Bertz CT molecular complexity index is 543. The largest absolute Gasteiger partial charge is 0.361 e. The maximum atomic E-state index is 10.9. The molecule has 8 heteroatoms. The van der Waals surface area contributed by atoms with Crippen molar-refractivity contribution in [3.8, 4) is 0 Å². The van der Waals surface area contributed by atoms with Gasteiger partial charge in [-0.15, -0.1) is 0 Å². The summed E-state index contributed by atoms with van der Waals surface area (Å²) in [6.45, 7) is 1.58. The highest BCUT2D eigenvalue weighted by Gasteiger charge is 2.12. The Hall–Kier alpha value is -1.30. The zero-order chi connectivity index (χ0) is 13.9. The molecule has 96 valence electrons. The second-order valence-electron chi connectivity index (χ2n) is 3.23. The van der Waals surface area contributed by atoms with Gasteiger partial charge in [0.15, 0.2) is 0 Å². The predicted molar refractivity (Wildman–Crippen MR) is 71.0 cm³/mol. The molecule has 2 amide bonds. The Balaban J connectivity index is 3.01. The van der Waals surface area contributed by atoms with Gasteiger partial charge < -0.3 is 5.73 Å². The third-order valence-electron chi connectivity index (χ3n) is 1.97. The Morgan fingerprint density at radius 1 is 1.22 bits per heavy atom. The van der Waals surface area contributed by atoms with Crippen LogP contribution in [0.2, 0.25) is 15.1 Å². The number of carbonyl (C=O) groups excluding carboxylic acids is 2. The SMILES string of the molecule is C/C(=N/NC(=O)C(N)=O)c1ccc(Cl)c(Cl)c1Cl. The van der Waals surface area contributed by atoms with Crippen LogP contribution in [0.4, 0.5) is 0 Å². The summed E-state index contributed by atoms with van der Waals surface area (Å²) in [5, 5.41) is 4.38. The molecule has 0 saturated carbocycles. The van der Waals surface area contributed by atoms with E-state index in [9.17, 15) is 9.59 Å². The van der Waals surface area contributed by atoms with Crippen molar-refractivity contribution in [1.82, 2.24) is 5.43 Å². The molecule has 0 radical (unpaired) electrons. The zero-order valence-electron chi connectivity index (χ0n) is 9.13.